The number of fused-ring (bicyclic) bond motifs is 1. The van der Waals surface area contributed by atoms with Crippen LogP contribution in [0, 0.1) is 0 Å². The van der Waals surface area contributed by atoms with Crippen molar-refractivity contribution in [3.63, 3.8) is 0 Å². The predicted octanol–water partition coefficient (Wildman–Crippen LogP) is 5.63. The Labute approximate surface area is 216 Å². The lowest BCUT2D eigenvalue weighted by atomic mass is 9.89. The van der Waals surface area contributed by atoms with E-state index in [2.05, 4.69) is 10.3 Å². The summed E-state index contributed by atoms with van der Waals surface area (Å²) in [6.07, 6.45) is 0.0875. The number of alkyl halides is 3. The van der Waals surface area contributed by atoms with Crippen LogP contribution in [-0.4, -0.2) is 46.3 Å². The molecule has 10 heteroatoms. The SMILES string of the molecule is COc1cc(C(=O)N2CCC(c3ccc(NC(=O)c4cnc5ccccn45)cc3)CC2)cc(C(F)(F)F)c1. The van der Waals surface area contributed by atoms with Gasteiger partial charge in [-0.3, -0.25) is 14.0 Å². The van der Waals surface area contributed by atoms with Crippen molar-refractivity contribution in [3.8, 4) is 5.75 Å². The number of benzene rings is 2. The Morgan fingerprint density at radius 2 is 1.76 bits per heavy atom. The number of ether oxygens (including phenoxy) is 1. The van der Waals surface area contributed by atoms with Gasteiger partial charge in [-0.05, 0) is 66.8 Å². The number of amides is 2. The molecular formula is C28H25F3N4O3. The van der Waals surface area contributed by atoms with Gasteiger partial charge in [-0.1, -0.05) is 18.2 Å². The highest BCUT2D eigenvalue weighted by atomic mass is 19.4. The van der Waals surface area contributed by atoms with E-state index < -0.39 is 17.6 Å². The number of hydrogen-bond acceptors (Lipinski definition) is 4. The summed E-state index contributed by atoms with van der Waals surface area (Å²) in [4.78, 5) is 31.5. The van der Waals surface area contributed by atoms with Crippen LogP contribution in [0.25, 0.3) is 5.65 Å². The molecule has 5 rings (SSSR count). The molecule has 7 nitrogen and oxygen atoms in total. The lowest BCUT2D eigenvalue weighted by molar-refractivity contribution is -0.137. The first-order chi connectivity index (χ1) is 18.2. The van der Waals surface area contributed by atoms with Crippen molar-refractivity contribution < 1.29 is 27.5 Å². The number of imidazole rings is 1. The second kappa shape index (κ2) is 10.2. The standard InChI is InChI=1S/C28H25F3N4O3/c1-38-23-15-20(14-21(16-23)28(29,30)31)27(37)34-12-9-19(10-13-34)18-5-7-22(8-6-18)33-26(36)24-17-32-25-4-2-3-11-35(24)25/h2-8,11,14-17,19H,9-10,12-13H2,1H3,(H,33,36). The lowest BCUT2D eigenvalue weighted by Gasteiger charge is -2.32. The number of pyridine rings is 1. The maximum atomic E-state index is 13.3. The third-order valence-electron chi connectivity index (χ3n) is 6.79. The van der Waals surface area contributed by atoms with Crippen molar-refractivity contribution in [2.45, 2.75) is 24.9 Å². The second-order valence-corrected chi connectivity index (χ2v) is 9.16. The normalized spacial score (nSPS) is 14.5. The van der Waals surface area contributed by atoms with E-state index in [0.29, 0.717) is 43.0 Å². The molecule has 0 unspecified atom stereocenters. The fraction of sp³-hybridized carbons (Fsp3) is 0.250. The summed E-state index contributed by atoms with van der Waals surface area (Å²) in [7, 11) is 1.27. The summed E-state index contributed by atoms with van der Waals surface area (Å²) in [5.74, 6) is -0.530. The average Bonchev–Trinajstić information content (AvgIpc) is 3.37. The largest absolute Gasteiger partial charge is 0.497 e. The Morgan fingerprint density at radius 3 is 2.45 bits per heavy atom. The van der Waals surface area contributed by atoms with Crippen LogP contribution in [0.1, 0.15) is 50.7 Å². The van der Waals surface area contributed by atoms with Crippen LogP contribution >= 0.6 is 0 Å². The van der Waals surface area contributed by atoms with Crippen LogP contribution < -0.4 is 10.1 Å². The number of piperidine rings is 1. The van der Waals surface area contributed by atoms with Gasteiger partial charge in [0.1, 0.15) is 17.1 Å². The molecule has 1 fully saturated rings. The number of hydrogen-bond donors (Lipinski definition) is 1. The first-order valence-corrected chi connectivity index (χ1v) is 12.1. The molecule has 38 heavy (non-hydrogen) atoms. The second-order valence-electron chi connectivity index (χ2n) is 9.16. The number of carbonyl (C=O) groups excluding carboxylic acids is 2. The highest BCUT2D eigenvalue weighted by molar-refractivity contribution is 6.03. The predicted molar refractivity (Wildman–Crippen MR) is 135 cm³/mol. The molecule has 1 aliphatic rings. The monoisotopic (exact) mass is 522 g/mol. The number of aromatic nitrogens is 2. The van der Waals surface area contributed by atoms with Crippen LogP contribution in [-0.2, 0) is 6.18 Å². The van der Waals surface area contributed by atoms with E-state index in [9.17, 15) is 22.8 Å². The number of carbonyl (C=O) groups is 2. The molecule has 3 heterocycles. The van der Waals surface area contributed by atoms with E-state index in [1.54, 1.807) is 15.5 Å². The molecule has 0 spiro atoms. The van der Waals surface area contributed by atoms with Gasteiger partial charge in [0, 0.05) is 30.5 Å². The van der Waals surface area contributed by atoms with Gasteiger partial charge in [0.2, 0.25) is 0 Å². The van der Waals surface area contributed by atoms with Crippen molar-refractivity contribution in [1.82, 2.24) is 14.3 Å². The topological polar surface area (TPSA) is 75.9 Å². The minimum atomic E-state index is -4.57. The highest BCUT2D eigenvalue weighted by Crippen LogP contribution is 2.34. The number of rotatable bonds is 5. The summed E-state index contributed by atoms with van der Waals surface area (Å²) < 4.78 is 46.5. The Bertz CT molecular complexity index is 1470. The zero-order valence-corrected chi connectivity index (χ0v) is 20.5. The van der Waals surface area contributed by atoms with Crippen molar-refractivity contribution in [1.29, 1.82) is 0 Å². The third-order valence-corrected chi connectivity index (χ3v) is 6.79. The van der Waals surface area contributed by atoms with Gasteiger partial charge >= 0.3 is 6.18 Å². The van der Waals surface area contributed by atoms with Crippen LogP contribution in [0.3, 0.4) is 0 Å². The fourth-order valence-corrected chi connectivity index (χ4v) is 4.74. The minimum absolute atomic E-state index is 0.00772. The van der Waals surface area contributed by atoms with Gasteiger partial charge in [0.25, 0.3) is 11.8 Å². The van der Waals surface area contributed by atoms with Crippen molar-refractivity contribution in [2.75, 3.05) is 25.5 Å². The van der Waals surface area contributed by atoms with Crippen molar-refractivity contribution in [3.05, 3.63) is 95.4 Å². The van der Waals surface area contributed by atoms with Gasteiger partial charge in [-0.15, -0.1) is 0 Å². The molecule has 1 saturated heterocycles. The maximum Gasteiger partial charge on any atom is 0.416 e. The van der Waals surface area contributed by atoms with E-state index in [0.717, 1.165) is 17.7 Å². The van der Waals surface area contributed by atoms with Crippen molar-refractivity contribution >= 4 is 23.1 Å². The molecule has 196 valence electrons. The summed E-state index contributed by atoms with van der Waals surface area (Å²) in [5, 5.41) is 2.89. The number of likely N-dealkylation sites (tertiary alicyclic amines) is 1. The van der Waals surface area contributed by atoms with Gasteiger partial charge in [-0.2, -0.15) is 13.2 Å². The summed E-state index contributed by atoms with van der Waals surface area (Å²) >= 11 is 0. The molecule has 0 aliphatic carbocycles. The number of methoxy groups -OCH3 is 1. The molecule has 1 aliphatic heterocycles. The van der Waals surface area contributed by atoms with Gasteiger partial charge < -0.3 is 15.0 Å². The van der Waals surface area contributed by atoms with Crippen LogP contribution in [0.15, 0.2) is 73.1 Å². The molecule has 2 aromatic carbocycles. The Hall–Kier alpha value is -4.34. The zero-order chi connectivity index (χ0) is 26.9. The quantitative estimate of drug-likeness (QED) is 0.369. The smallest absolute Gasteiger partial charge is 0.416 e. The summed E-state index contributed by atoms with van der Waals surface area (Å²) in [5.41, 5.74) is 1.89. The average molecular weight is 523 g/mol. The lowest BCUT2D eigenvalue weighted by Crippen LogP contribution is -2.38. The molecule has 2 amide bonds. The van der Waals surface area contributed by atoms with Crippen molar-refractivity contribution in [2.24, 2.45) is 0 Å². The molecule has 0 saturated carbocycles. The van der Waals surface area contributed by atoms with E-state index in [1.807, 2.05) is 42.5 Å². The zero-order valence-electron chi connectivity index (χ0n) is 20.5. The maximum absolute atomic E-state index is 13.3. The number of nitrogens with zero attached hydrogens (tertiary/aromatic N) is 3. The number of anilines is 1. The number of nitrogens with one attached hydrogen (secondary N) is 1. The minimum Gasteiger partial charge on any atom is -0.497 e. The van der Waals surface area contributed by atoms with E-state index >= 15 is 0 Å². The van der Waals surface area contributed by atoms with Crippen LogP contribution in [0.2, 0.25) is 0 Å². The molecule has 1 N–H and O–H groups in total. The van der Waals surface area contributed by atoms with E-state index in [-0.39, 0.29) is 23.1 Å². The van der Waals surface area contributed by atoms with E-state index in [4.69, 9.17) is 4.74 Å². The highest BCUT2D eigenvalue weighted by Gasteiger charge is 2.33. The Balaban J connectivity index is 1.21. The first-order valence-electron chi connectivity index (χ1n) is 12.1. The van der Waals surface area contributed by atoms with Crippen LogP contribution in [0.5, 0.6) is 5.75 Å². The molecule has 4 aromatic rings. The molecule has 0 radical (unpaired) electrons. The Morgan fingerprint density at radius 1 is 1.03 bits per heavy atom. The summed E-state index contributed by atoms with van der Waals surface area (Å²) in [6.45, 7) is 0.851. The van der Waals surface area contributed by atoms with Crippen LogP contribution in [0.4, 0.5) is 18.9 Å². The molecule has 0 bridgehead atoms. The van der Waals surface area contributed by atoms with Gasteiger partial charge in [0.15, 0.2) is 0 Å². The Kier molecular flexibility index (Phi) is 6.79. The van der Waals surface area contributed by atoms with E-state index in [1.165, 1.54) is 19.4 Å². The molecule has 0 atom stereocenters. The molecular weight excluding hydrogens is 497 g/mol. The fourth-order valence-electron chi connectivity index (χ4n) is 4.74. The van der Waals surface area contributed by atoms with Gasteiger partial charge in [0.05, 0.1) is 18.9 Å². The summed E-state index contributed by atoms with van der Waals surface area (Å²) in [6, 6.07) is 16.2. The third kappa shape index (κ3) is 5.20. The van der Waals surface area contributed by atoms with Gasteiger partial charge in [-0.25, -0.2) is 4.98 Å². The molecule has 2 aromatic heterocycles. The number of halogens is 3. The first kappa shape index (κ1) is 25.3.